The molecule has 1 rings (SSSR count). The zero-order valence-corrected chi connectivity index (χ0v) is 12.0. The van der Waals surface area contributed by atoms with Gasteiger partial charge in [-0.25, -0.2) is 0 Å². The summed E-state index contributed by atoms with van der Waals surface area (Å²) in [5, 5.41) is 12.9. The Morgan fingerprint density at radius 1 is 1.28 bits per heavy atom. The van der Waals surface area contributed by atoms with E-state index in [0.29, 0.717) is 12.5 Å². The van der Waals surface area contributed by atoms with E-state index >= 15 is 0 Å². The summed E-state index contributed by atoms with van der Waals surface area (Å²) in [7, 11) is 0. The van der Waals surface area contributed by atoms with Crippen molar-refractivity contribution < 1.29 is 9.90 Å². The van der Waals surface area contributed by atoms with Crippen molar-refractivity contribution in [2.24, 2.45) is 5.92 Å². The lowest BCUT2D eigenvalue weighted by molar-refractivity contribution is -0.147. The Balaban J connectivity index is 2.77. The molecular formula is C14H28N2O2. The van der Waals surface area contributed by atoms with Gasteiger partial charge in [-0.15, -0.1) is 0 Å². The average Bonchev–Trinajstić information content (AvgIpc) is 3.12. The van der Waals surface area contributed by atoms with Gasteiger partial charge >= 0.3 is 5.97 Å². The van der Waals surface area contributed by atoms with E-state index in [4.69, 9.17) is 0 Å². The quantitative estimate of drug-likeness (QED) is 0.627. The summed E-state index contributed by atoms with van der Waals surface area (Å²) in [6.07, 6.45) is 4.25. The van der Waals surface area contributed by atoms with E-state index in [1.807, 2.05) is 6.92 Å². The van der Waals surface area contributed by atoms with Crippen LogP contribution in [-0.4, -0.2) is 47.7 Å². The van der Waals surface area contributed by atoms with Crippen molar-refractivity contribution in [3.8, 4) is 0 Å². The fraction of sp³-hybridized carbons (Fsp3) is 0.929. The van der Waals surface area contributed by atoms with Gasteiger partial charge in [-0.2, -0.15) is 0 Å². The highest BCUT2D eigenvalue weighted by atomic mass is 16.4. The standard InChI is InChI=1S/C14H28N2O2/c1-4-9-16(10-5-2)11-14(13(17)18,15-6-3)12-7-8-12/h12,15H,4-11H2,1-3H3,(H,17,18). The van der Waals surface area contributed by atoms with E-state index in [1.54, 1.807) is 0 Å². The Bertz CT molecular complexity index is 261. The van der Waals surface area contributed by atoms with Crippen molar-refractivity contribution in [3.05, 3.63) is 0 Å². The molecule has 0 bridgehead atoms. The monoisotopic (exact) mass is 256 g/mol. The van der Waals surface area contributed by atoms with E-state index in [9.17, 15) is 9.90 Å². The topological polar surface area (TPSA) is 52.6 Å². The first-order valence-electron chi connectivity index (χ1n) is 7.31. The highest BCUT2D eigenvalue weighted by Crippen LogP contribution is 2.40. The van der Waals surface area contributed by atoms with Gasteiger partial charge in [0.1, 0.15) is 5.54 Å². The van der Waals surface area contributed by atoms with Crippen molar-refractivity contribution >= 4 is 5.97 Å². The van der Waals surface area contributed by atoms with Crippen molar-refractivity contribution in [3.63, 3.8) is 0 Å². The van der Waals surface area contributed by atoms with Crippen LogP contribution in [0.5, 0.6) is 0 Å². The molecule has 18 heavy (non-hydrogen) atoms. The van der Waals surface area contributed by atoms with Gasteiger partial charge < -0.3 is 15.3 Å². The van der Waals surface area contributed by atoms with Crippen molar-refractivity contribution in [2.45, 2.75) is 52.0 Å². The minimum atomic E-state index is -0.723. The molecule has 2 N–H and O–H groups in total. The van der Waals surface area contributed by atoms with Crippen LogP contribution in [-0.2, 0) is 4.79 Å². The number of rotatable bonds is 10. The number of nitrogens with one attached hydrogen (secondary N) is 1. The molecule has 0 radical (unpaired) electrons. The van der Waals surface area contributed by atoms with Crippen LogP contribution in [0.3, 0.4) is 0 Å². The van der Waals surface area contributed by atoms with Gasteiger partial charge in [-0.1, -0.05) is 20.8 Å². The van der Waals surface area contributed by atoms with Gasteiger partial charge in [0.2, 0.25) is 0 Å². The lowest BCUT2D eigenvalue weighted by Crippen LogP contribution is -2.60. The second kappa shape index (κ2) is 7.10. The molecule has 1 fully saturated rings. The molecule has 0 amide bonds. The van der Waals surface area contributed by atoms with E-state index in [0.717, 1.165) is 45.3 Å². The van der Waals surface area contributed by atoms with Crippen LogP contribution in [0.15, 0.2) is 0 Å². The van der Waals surface area contributed by atoms with Crippen LogP contribution in [0.2, 0.25) is 0 Å². The summed E-state index contributed by atoms with van der Waals surface area (Å²) in [5.41, 5.74) is -0.723. The molecule has 0 spiro atoms. The summed E-state index contributed by atoms with van der Waals surface area (Å²) in [4.78, 5) is 14.0. The highest BCUT2D eigenvalue weighted by Gasteiger charge is 2.51. The number of carboxylic acid groups (broad SMARTS) is 1. The number of likely N-dealkylation sites (N-methyl/N-ethyl adjacent to an activating group) is 1. The third-order valence-corrected chi connectivity index (χ3v) is 3.70. The lowest BCUT2D eigenvalue weighted by Gasteiger charge is -2.36. The normalized spacial score (nSPS) is 18.9. The molecule has 4 heteroatoms. The number of carbonyl (C=O) groups is 1. The van der Waals surface area contributed by atoms with Gasteiger partial charge in [-0.05, 0) is 51.2 Å². The molecule has 0 aromatic heterocycles. The molecule has 1 aliphatic carbocycles. The predicted octanol–water partition coefficient (Wildman–Crippen LogP) is 1.95. The Morgan fingerprint density at radius 2 is 1.83 bits per heavy atom. The van der Waals surface area contributed by atoms with Gasteiger partial charge in [0.05, 0.1) is 0 Å². The zero-order valence-electron chi connectivity index (χ0n) is 12.0. The summed E-state index contributed by atoms with van der Waals surface area (Å²) in [5.74, 6) is -0.366. The number of carboxylic acids is 1. The molecule has 1 aliphatic rings. The van der Waals surface area contributed by atoms with Crippen LogP contribution < -0.4 is 5.32 Å². The summed E-state index contributed by atoms with van der Waals surface area (Å²) < 4.78 is 0. The molecule has 1 unspecified atom stereocenters. The first-order chi connectivity index (χ1) is 8.60. The minimum Gasteiger partial charge on any atom is -0.480 e. The Labute approximate surface area is 111 Å². The van der Waals surface area contributed by atoms with E-state index in [1.165, 1.54) is 0 Å². The molecule has 4 nitrogen and oxygen atoms in total. The second-order valence-corrected chi connectivity index (χ2v) is 5.36. The molecule has 1 saturated carbocycles. The Morgan fingerprint density at radius 3 is 2.17 bits per heavy atom. The Kier molecular flexibility index (Phi) is 6.09. The van der Waals surface area contributed by atoms with Gasteiger partial charge in [-0.3, -0.25) is 4.79 Å². The van der Waals surface area contributed by atoms with Crippen LogP contribution in [0.4, 0.5) is 0 Å². The lowest BCUT2D eigenvalue weighted by atomic mass is 9.92. The fourth-order valence-corrected chi connectivity index (χ4v) is 2.79. The minimum absolute atomic E-state index is 0.311. The molecule has 0 aromatic rings. The van der Waals surface area contributed by atoms with Crippen LogP contribution in [0.1, 0.15) is 46.5 Å². The highest BCUT2D eigenvalue weighted by molar-refractivity contribution is 5.80. The Hall–Kier alpha value is -0.610. The molecular weight excluding hydrogens is 228 g/mol. The average molecular weight is 256 g/mol. The number of aliphatic carboxylic acids is 1. The first kappa shape index (κ1) is 15.4. The van der Waals surface area contributed by atoms with Crippen LogP contribution >= 0.6 is 0 Å². The SMILES string of the molecule is CCCN(CCC)CC(NCC)(C(=O)O)C1CC1. The third kappa shape index (κ3) is 3.69. The van der Waals surface area contributed by atoms with E-state index in [2.05, 4.69) is 24.1 Å². The van der Waals surface area contributed by atoms with E-state index < -0.39 is 11.5 Å². The van der Waals surface area contributed by atoms with Crippen molar-refractivity contribution in [2.75, 3.05) is 26.2 Å². The molecule has 106 valence electrons. The zero-order chi connectivity index (χ0) is 13.6. The third-order valence-electron chi connectivity index (χ3n) is 3.70. The second-order valence-electron chi connectivity index (χ2n) is 5.36. The maximum atomic E-state index is 11.7. The molecule has 0 aromatic carbocycles. The number of hydrogen-bond donors (Lipinski definition) is 2. The first-order valence-corrected chi connectivity index (χ1v) is 7.31. The van der Waals surface area contributed by atoms with Gasteiger partial charge in [0.25, 0.3) is 0 Å². The van der Waals surface area contributed by atoms with Crippen molar-refractivity contribution in [1.29, 1.82) is 0 Å². The van der Waals surface area contributed by atoms with Gasteiger partial charge in [0, 0.05) is 6.54 Å². The number of nitrogens with zero attached hydrogens (tertiary/aromatic N) is 1. The molecule has 0 heterocycles. The molecule has 0 aliphatic heterocycles. The summed E-state index contributed by atoms with van der Waals surface area (Å²) in [6, 6.07) is 0. The summed E-state index contributed by atoms with van der Waals surface area (Å²) in [6.45, 7) is 9.62. The number of hydrogen-bond acceptors (Lipinski definition) is 3. The van der Waals surface area contributed by atoms with E-state index in [-0.39, 0.29) is 0 Å². The van der Waals surface area contributed by atoms with Crippen LogP contribution in [0.25, 0.3) is 0 Å². The van der Waals surface area contributed by atoms with Crippen molar-refractivity contribution in [1.82, 2.24) is 10.2 Å². The van der Waals surface area contributed by atoms with Crippen LogP contribution in [0, 0.1) is 5.92 Å². The maximum absolute atomic E-state index is 11.7. The largest absolute Gasteiger partial charge is 0.480 e. The molecule has 1 atom stereocenters. The predicted molar refractivity (Wildman–Crippen MR) is 73.8 cm³/mol. The molecule has 0 saturated heterocycles. The smallest absolute Gasteiger partial charge is 0.325 e. The maximum Gasteiger partial charge on any atom is 0.325 e. The van der Waals surface area contributed by atoms with Gasteiger partial charge in [0.15, 0.2) is 0 Å². The summed E-state index contributed by atoms with van der Waals surface area (Å²) >= 11 is 0. The fourth-order valence-electron chi connectivity index (χ4n) is 2.79.